The quantitative estimate of drug-likeness (QED) is 0.809. The van der Waals surface area contributed by atoms with Crippen LogP contribution in [0.5, 0.6) is 0 Å². The molecule has 21 heavy (non-hydrogen) atoms. The van der Waals surface area contributed by atoms with Crippen molar-refractivity contribution in [1.82, 2.24) is 15.5 Å². The number of nitrogens with zero attached hydrogens (tertiary/aromatic N) is 2. The maximum absolute atomic E-state index is 5.47. The highest BCUT2D eigenvalue weighted by Crippen LogP contribution is 2.34. The van der Waals surface area contributed by atoms with Crippen LogP contribution in [-0.4, -0.2) is 23.2 Å². The average Bonchev–Trinajstić information content (AvgIpc) is 3.15. The molecule has 0 spiro atoms. The predicted octanol–water partition coefficient (Wildman–Crippen LogP) is 3.98. The second kappa shape index (κ2) is 6.94. The Bertz CT molecular complexity index is 587. The zero-order chi connectivity index (χ0) is 14.7. The summed E-state index contributed by atoms with van der Waals surface area (Å²) in [5.41, 5.74) is 0. The number of nitrogens with one attached hydrogen (secondary N) is 1. The third kappa shape index (κ3) is 3.67. The Morgan fingerprint density at radius 2 is 2.14 bits per heavy atom. The molecule has 0 saturated heterocycles. The second-order valence-electron chi connectivity index (χ2n) is 5.22. The van der Waals surface area contributed by atoms with E-state index in [0.717, 1.165) is 28.4 Å². The maximum atomic E-state index is 5.47. The smallest absolute Gasteiger partial charge is 0.231 e. The number of aromatic nitrogens is 2. The molecule has 6 heteroatoms. The van der Waals surface area contributed by atoms with E-state index in [4.69, 9.17) is 4.52 Å². The summed E-state index contributed by atoms with van der Waals surface area (Å²) in [4.78, 5) is 5.78. The van der Waals surface area contributed by atoms with Crippen LogP contribution in [0.15, 0.2) is 38.2 Å². The number of halogens is 1. The first kappa shape index (κ1) is 15.1. The van der Waals surface area contributed by atoms with Crippen molar-refractivity contribution >= 4 is 27.7 Å². The lowest BCUT2D eigenvalue weighted by atomic mass is 10.0. The van der Waals surface area contributed by atoms with Gasteiger partial charge in [-0.1, -0.05) is 27.5 Å². The summed E-state index contributed by atoms with van der Waals surface area (Å²) in [6.45, 7) is 0. The Morgan fingerprint density at radius 1 is 1.33 bits per heavy atom. The van der Waals surface area contributed by atoms with Crippen molar-refractivity contribution in [2.45, 2.75) is 41.9 Å². The standard InChI is InChI=1S/C15H18BrN3OS/c1-17-13-4-2-3-12(13)15-18-14(19-20-15)9-21-11-7-5-10(16)6-8-11/h5-8,12-13,17H,2-4,9H2,1H3. The highest BCUT2D eigenvalue weighted by atomic mass is 79.9. The van der Waals surface area contributed by atoms with Crippen LogP contribution in [0, 0.1) is 0 Å². The molecule has 112 valence electrons. The molecule has 1 heterocycles. The van der Waals surface area contributed by atoms with Crippen LogP contribution in [0.3, 0.4) is 0 Å². The van der Waals surface area contributed by atoms with Gasteiger partial charge in [0.2, 0.25) is 5.89 Å². The van der Waals surface area contributed by atoms with E-state index < -0.39 is 0 Å². The summed E-state index contributed by atoms with van der Waals surface area (Å²) >= 11 is 5.16. The zero-order valence-electron chi connectivity index (χ0n) is 11.9. The van der Waals surface area contributed by atoms with Crippen molar-refractivity contribution in [1.29, 1.82) is 0 Å². The summed E-state index contributed by atoms with van der Waals surface area (Å²) in [6, 6.07) is 8.73. The first-order chi connectivity index (χ1) is 10.3. The van der Waals surface area contributed by atoms with Gasteiger partial charge in [-0.3, -0.25) is 0 Å². The Labute approximate surface area is 137 Å². The Kier molecular flexibility index (Phi) is 4.98. The van der Waals surface area contributed by atoms with Gasteiger partial charge in [-0.25, -0.2) is 0 Å². The first-order valence-electron chi connectivity index (χ1n) is 7.14. The molecule has 1 aromatic carbocycles. The molecule has 4 nitrogen and oxygen atoms in total. The van der Waals surface area contributed by atoms with Gasteiger partial charge in [0.1, 0.15) is 0 Å². The summed E-state index contributed by atoms with van der Waals surface area (Å²) in [5, 5.41) is 7.47. The normalized spacial score (nSPS) is 21.8. The maximum Gasteiger partial charge on any atom is 0.231 e. The molecule has 0 radical (unpaired) electrons. The fourth-order valence-electron chi connectivity index (χ4n) is 2.76. The molecule has 1 N–H and O–H groups in total. The van der Waals surface area contributed by atoms with Gasteiger partial charge in [0, 0.05) is 15.4 Å². The highest BCUT2D eigenvalue weighted by molar-refractivity contribution is 9.10. The Balaban J connectivity index is 1.61. The van der Waals surface area contributed by atoms with Crippen LogP contribution >= 0.6 is 27.7 Å². The van der Waals surface area contributed by atoms with Gasteiger partial charge in [0.05, 0.1) is 11.7 Å². The molecule has 2 atom stereocenters. The number of hydrogen-bond acceptors (Lipinski definition) is 5. The summed E-state index contributed by atoms with van der Waals surface area (Å²) in [5.74, 6) is 2.68. The lowest BCUT2D eigenvalue weighted by Gasteiger charge is -2.14. The molecule has 2 aromatic rings. The predicted molar refractivity (Wildman–Crippen MR) is 87.4 cm³/mol. The van der Waals surface area contributed by atoms with Crippen molar-refractivity contribution in [2.75, 3.05) is 7.05 Å². The van der Waals surface area contributed by atoms with Crippen molar-refractivity contribution in [2.24, 2.45) is 0 Å². The number of hydrogen-bond donors (Lipinski definition) is 1. The molecule has 0 amide bonds. The lowest BCUT2D eigenvalue weighted by Crippen LogP contribution is -2.27. The van der Waals surface area contributed by atoms with E-state index in [9.17, 15) is 0 Å². The third-order valence-corrected chi connectivity index (χ3v) is 5.41. The zero-order valence-corrected chi connectivity index (χ0v) is 14.3. The van der Waals surface area contributed by atoms with Crippen LogP contribution in [0.1, 0.15) is 36.9 Å². The van der Waals surface area contributed by atoms with Gasteiger partial charge < -0.3 is 9.84 Å². The molecular formula is C15H18BrN3OS. The molecule has 3 rings (SSSR count). The first-order valence-corrected chi connectivity index (χ1v) is 8.92. The fourth-order valence-corrected chi connectivity index (χ4v) is 3.76. The van der Waals surface area contributed by atoms with E-state index in [1.807, 2.05) is 19.2 Å². The van der Waals surface area contributed by atoms with Crippen LogP contribution in [0.2, 0.25) is 0 Å². The summed E-state index contributed by atoms with van der Waals surface area (Å²) in [6.07, 6.45) is 3.54. The molecular weight excluding hydrogens is 350 g/mol. The second-order valence-corrected chi connectivity index (χ2v) is 7.19. The van der Waals surface area contributed by atoms with Gasteiger partial charge >= 0.3 is 0 Å². The molecule has 1 saturated carbocycles. The number of rotatable bonds is 5. The van der Waals surface area contributed by atoms with E-state index in [0.29, 0.717) is 12.0 Å². The van der Waals surface area contributed by atoms with E-state index in [2.05, 4.69) is 43.5 Å². The minimum absolute atomic E-state index is 0.369. The van der Waals surface area contributed by atoms with Gasteiger partial charge in [-0.15, -0.1) is 11.8 Å². The molecule has 1 fully saturated rings. The fraction of sp³-hybridized carbons (Fsp3) is 0.467. The lowest BCUT2D eigenvalue weighted by molar-refractivity contribution is 0.333. The molecule has 1 aliphatic carbocycles. The molecule has 1 aliphatic rings. The van der Waals surface area contributed by atoms with Crippen molar-refractivity contribution < 1.29 is 4.52 Å². The van der Waals surface area contributed by atoms with E-state index in [-0.39, 0.29) is 0 Å². The van der Waals surface area contributed by atoms with Crippen molar-refractivity contribution in [3.05, 3.63) is 40.5 Å². The van der Waals surface area contributed by atoms with Crippen LogP contribution in [0.25, 0.3) is 0 Å². The monoisotopic (exact) mass is 367 g/mol. The summed E-state index contributed by atoms with van der Waals surface area (Å²) < 4.78 is 6.56. The van der Waals surface area contributed by atoms with Crippen LogP contribution < -0.4 is 5.32 Å². The molecule has 1 aromatic heterocycles. The SMILES string of the molecule is CNC1CCCC1c1nc(CSc2ccc(Br)cc2)no1. The topological polar surface area (TPSA) is 51.0 Å². The number of thioether (sulfide) groups is 1. The largest absolute Gasteiger partial charge is 0.339 e. The number of likely N-dealkylation sites (N-methyl/N-ethyl adjacent to an activating group) is 1. The minimum atomic E-state index is 0.369. The summed E-state index contributed by atoms with van der Waals surface area (Å²) in [7, 11) is 2.00. The average molecular weight is 368 g/mol. The van der Waals surface area contributed by atoms with Gasteiger partial charge in [0.15, 0.2) is 5.82 Å². The minimum Gasteiger partial charge on any atom is -0.339 e. The molecule has 0 aliphatic heterocycles. The van der Waals surface area contributed by atoms with E-state index >= 15 is 0 Å². The van der Waals surface area contributed by atoms with E-state index in [1.165, 1.54) is 17.7 Å². The Hall–Kier alpha value is -0.850. The van der Waals surface area contributed by atoms with Crippen LogP contribution in [-0.2, 0) is 5.75 Å². The van der Waals surface area contributed by atoms with Gasteiger partial charge in [0.25, 0.3) is 0 Å². The van der Waals surface area contributed by atoms with Crippen molar-refractivity contribution in [3.63, 3.8) is 0 Å². The third-order valence-electron chi connectivity index (χ3n) is 3.87. The van der Waals surface area contributed by atoms with Crippen molar-refractivity contribution in [3.8, 4) is 0 Å². The molecule has 2 unspecified atom stereocenters. The molecule has 0 bridgehead atoms. The van der Waals surface area contributed by atoms with E-state index in [1.54, 1.807) is 11.8 Å². The van der Waals surface area contributed by atoms with Crippen LogP contribution in [0.4, 0.5) is 0 Å². The number of benzene rings is 1. The highest BCUT2D eigenvalue weighted by Gasteiger charge is 2.31. The van der Waals surface area contributed by atoms with Gasteiger partial charge in [-0.2, -0.15) is 4.98 Å². The Morgan fingerprint density at radius 3 is 2.90 bits per heavy atom. The van der Waals surface area contributed by atoms with Gasteiger partial charge in [-0.05, 0) is 44.2 Å².